The van der Waals surface area contributed by atoms with E-state index in [1.807, 2.05) is 0 Å². The minimum Gasteiger partial charge on any atom is -0.378 e. The number of rotatable bonds is 5. The standard InChI is InChI=1S/C11H22O/c1-3-5-6-7-11-10(4-2)8-9-12-11/h10-11H,3-9H2,1-2H3. The molecule has 1 aliphatic rings. The highest BCUT2D eigenvalue weighted by atomic mass is 16.5. The molecule has 0 N–H and O–H groups in total. The van der Waals surface area contributed by atoms with Crippen molar-refractivity contribution in [2.75, 3.05) is 6.61 Å². The highest BCUT2D eigenvalue weighted by Crippen LogP contribution is 2.27. The maximum absolute atomic E-state index is 5.70. The van der Waals surface area contributed by atoms with E-state index in [1.165, 1.54) is 38.5 Å². The van der Waals surface area contributed by atoms with Gasteiger partial charge in [-0.15, -0.1) is 0 Å². The highest BCUT2D eigenvalue weighted by Gasteiger charge is 2.25. The quantitative estimate of drug-likeness (QED) is 0.575. The first-order chi connectivity index (χ1) is 5.88. The summed E-state index contributed by atoms with van der Waals surface area (Å²) in [6.07, 6.45) is 8.55. The van der Waals surface area contributed by atoms with Crippen molar-refractivity contribution in [3.05, 3.63) is 0 Å². The Labute approximate surface area is 76.5 Å². The first-order valence-corrected chi connectivity index (χ1v) is 5.50. The van der Waals surface area contributed by atoms with Gasteiger partial charge in [0.25, 0.3) is 0 Å². The molecule has 1 heteroatoms. The average molecular weight is 170 g/mol. The van der Waals surface area contributed by atoms with Crippen LogP contribution < -0.4 is 0 Å². The average Bonchev–Trinajstić information content (AvgIpc) is 2.52. The molecule has 1 nitrogen and oxygen atoms in total. The zero-order chi connectivity index (χ0) is 8.81. The molecular weight excluding hydrogens is 148 g/mol. The fourth-order valence-electron chi connectivity index (χ4n) is 2.07. The van der Waals surface area contributed by atoms with Crippen LogP contribution in [0, 0.1) is 5.92 Å². The van der Waals surface area contributed by atoms with Crippen molar-refractivity contribution in [1.82, 2.24) is 0 Å². The van der Waals surface area contributed by atoms with E-state index in [9.17, 15) is 0 Å². The van der Waals surface area contributed by atoms with Gasteiger partial charge in [-0.05, 0) is 18.8 Å². The third kappa shape index (κ3) is 2.78. The van der Waals surface area contributed by atoms with Gasteiger partial charge < -0.3 is 4.74 Å². The van der Waals surface area contributed by atoms with Crippen LogP contribution in [0.2, 0.25) is 0 Å². The van der Waals surface area contributed by atoms with Gasteiger partial charge >= 0.3 is 0 Å². The molecule has 0 aromatic rings. The van der Waals surface area contributed by atoms with E-state index in [-0.39, 0.29) is 0 Å². The predicted molar refractivity (Wildman–Crippen MR) is 52.3 cm³/mol. The molecule has 0 aromatic carbocycles. The summed E-state index contributed by atoms with van der Waals surface area (Å²) in [5, 5.41) is 0. The lowest BCUT2D eigenvalue weighted by atomic mass is 9.95. The minimum absolute atomic E-state index is 0.599. The summed E-state index contributed by atoms with van der Waals surface area (Å²) in [4.78, 5) is 0. The molecule has 1 heterocycles. The molecule has 1 rings (SSSR count). The molecule has 72 valence electrons. The van der Waals surface area contributed by atoms with Crippen molar-refractivity contribution in [2.45, 2.75) is 58.5 Å². The molecule has 1 aliphatic heterocycles. The third-order valence-electron chi connectivity index (χ3n) is 2.96. The normalized spacial score (nSPS) is 29.5. The Hall–Kier alpha value is -0.0400. The molecule has 2 unspecified atom stereocenters. The fourth-order valence-corrected chi connectivity index (χ4v) is 2.07. The van der Waals surface area contributed by atoms with Crippen molar-refractivity contribution in [3.8, 4) is 0 Å². The Kier molecular flexibility index (Phi) is 4.67. The fraction of sp³-hybridized carbons (Fsp3) is 1.00. The van der Waals surface area contributed by atoms with Crippen LogP contribution >= 0.6 is 0 Å². The summed E-state index contributed by atoms with van der Waals surface area (Å²) in [5.41, 5.74) is 0. The Bertz CT molecular complexity index is 112. The molecule has 0 spiro atoms. The summed E-state index contributed by atoms with van der Waals surface area (Å²) < 4.78 is 5.70. The van der Waals surface area contributed by atoms with Gasteiger partial charge in [-0.2, -0.15) is 0 Å². The first-order valence-electron chi connectivity index (χ1n) is 5.50. The molecular formula is C11H22O. The van der Waals surface area contributed by atoms with Gasteiger partial charge in [0.1, 0.15) is 0 Å². The van der Waals surface area contributed by atoms with Crippen molar-refractivity contribution in [2.24, 2.45) is 5.92 Å². The summed E-state index contributed by atoms with van der Waals surface area (Å²) >= 11 is 0. The number of ether oxygens (including phenoxy) is 1. The molecule has 0 bridgehead atoms. The van der Waals surface area contributed by atoms with Crippen LogP contribution in [0.5, 0.6) is 0 Å². The monoisotopic (exact) mass is 170 g/mol. The molecule has 1 saturated heterocycles. The second kappa shape index (κ2) is 5.58. The van der Waals surface area contributed by atoms with E-state index < -0.39 is 0 Å². The second-order valence-corrected chi connectivity index (χ2v) is 3.86. The van der Waals surface area contributed by atoms with Crippen LogP contribution in [0.25, 0.3) is 0 Å². The van der Waals surface area contributed by atoms with Crippen LogP contribution in [-0.4, -0.2) is 12.7 Å². The topological polar surface area (TPSA) is 9.23 Å². The van der Waals surface area contributed by atoms with Gasteiger partial charge in [-0.1, -0.05) is 39.5 Å². The second-order valence-electron chi connectivity index (χ2n) is 3.86. The van der Waals surface area contributed by atoms with Crippen LogP contribution in [0.3, 0.4) is 0 Å². The number of hydrogen-bond donors (Lipinski definition) is 0. The third-order valence-corrected chi connectivity index (χ3v) is 2.96. The largest absolute Gasteiger partial charge is 0.378 e. The van der Waals surface area contributed by atoms with Crippen LogP contribution in [0.4, 0.5) is 0 Å². The van der Waals surface area contributed by atoms with Crippen molar-refractivity contribution < 1.29 is 4.74 Å². The smallest absolute Gasteiger partial charge is 0.0604 e. The zero-order valence-corrected chi connectivity index (χ0v) is 8.51. The zero-order valence-electron chi connectivity index (χ0n) is 8.51. The minimum atomic E-state index is 0.599. The molecule has 0 aliphatic carbocycles. The van der Waals surface area contributed by atoms with Gasteiger partial charge in [-0.25, -0.2) is 0 Å². The molecule has 0 amide bonds. The maximum Gasteiger partial charge on any atom is 0.0604 e. The molecule has 2 atom stereocenters. The van der Waals surface area contributed by atoms with Gasteiger partial charge in [0.15, 0.2) is 0 Å². The van der Waals surface area contributed by atoms with E-state index in [1.54, 1.807) is 0 Å². The summed E-state index contributed by atoms with van der Waals surface area (Å²) in [7, 11) is 0. The Morgan fingerprint density at radius 2 is 2.08 bits per heavy atom. The van der Waals surface area contributed by atoms with E-state index in [0.717, 1.165) is 12.5 Å². The summed E-state index contributed by atoms with van der Waals surface area (Å²) in [6.45, 7) is 5.55. The van der Waals surface area contributed by atoms with Gasteiger partial charge in [0.2, 0.25) is 0 Å². The van der Waals surface area contributed by atoms with E-state index in [0.29, 0.717) is 6.10 Å². The Morgan fingerprint density at radius 1 is 1.25 bits per heavy atom. The lowest BCUT2D eigenvalue weighted by molar-refractivity contribution is 0.0804. The van der Waals surface area contributed by atoms with Crippen molar-refractivity contribution in [3.63, 3.8) is 0 Å². The first kappa shape index (κ1) is 10.0. The predicted octanol–water partition coefficient (Wildman–Crippen LogP) is 3.38. The van der Waals surface area contributed by atoms with Crippen molar-refractivity contribution in [1.29, 1.82) is 0 Å². The SMILES string of the molecule is CCCCCC1OCCC1CC. The van der Waals surface area contributed by atoms with Crippen molar-refractivity contribution >= 4 is 0 Å². The molecule has 0 saturated carbocycles. The lowest BCUT2D eigenvalue weighted by Crippen LogP contribution is -2.14. The summed E-state index contributed by atoms with van der Waals surface area (Å²) in [6, 6.07) is 0. The van der Waals surface area contributed by atoms with E-state index in [4.69, 9.17) is 4.74 Å². The highest BCUT2D eigenvalue weighted by molar-refractivity contribution is 4.74. The molecule has 0 aromatic heterocycles. The Morgan fingerprint density at radius 3 is 2.75 bits per heavy atom. The van der Waals surface area contributed by atoms with Crippen LogP contribution in [0.15, 0.2) is 0 Å². The van der Waals surface area contributed by atoms with E-state index >= 15 is 0 Å². The summed E-state index contributed by atoms with van der Waals surface area (Å²) in [5.74, 6) is 0.863. The maximum atomic E-state index is 5.70. The lowest BCUT2D eigenvalue weighted by Gasteiger charge is -2.16. The van der Waals surface area contributed by atoms with E-state index in [2.05, 4.69) is 13.8 Å². The van der Waals surface area contributed by atoms with Gasteiger partial charge in [0, 0.05) is 6.61 Å². The number of unbranched alkanes of at least 4 members (excludes halogenated alkanes) is 2. The molecule has 0 radical (unpaired) electrons. The Balaban J connectivity index is 2.12. The van der Waals surface area contributed by atoms with Gasteiger partial charge in [0.05, 0.1) is 6.10 Å². The molecule has 1 fully saturated rings. The molecule has 12 heavy (non-hydrogen) atoms. The number of hydrogen-bond acceptors (Lipinski definition) is 1. The van der Waals surface area contributed by atoms with Crippen LogP contribution in [0.1, 0.15) is 52.4 Å². The van der Waals surface area contributed by atoms with Gasteiger partial charge in [-0.3, -0.25) is 0 Å². The van der Waals surface area contributed by atoms with Crippen LogP contribution in [-0.2, 0) is 4.74 Å².